The first-order valence-electron chi connectivity index (χ1n) is 7.67. The first-order chi connectivity index (χ1) is 9.97. The molecule has 0 bridgehead atoms. The molecule has 1 unspecified atom stereocenters. The van der Waals surface area contributed by atoms with Gasteiger partial charge < -0.3 is 9.64 Å². The minimum Gasteiger partial charge on any atom is -0.491 e. The number of ether oxygens (including phenoxy) is 1. The van der Waals surface area contributed by atoms with E-state index in [1.807, 2.05) is 49.9 Å². The van der Waals surface area contributed by atoms with Crippen LogP contribution >= 0.6 is 11.6 Å². The van der Waals surface area contributed by atoms with Gasteiger partial charge in [-0.05, 0) is 63.8 Å². The quantitative estimate of drug-likeness (QED) is 0.788. The summed E-state index contributed by atoms with van der Waals surface area (Å²) in [6, 6.07) is 7.41. The molecule has 1 atom stereocenters. The highest BCUT2D eigenvalue weighted by atomic mass is 35.5. The summed E-state index contributed by atoms with van der Waals surface area (Å²) >= 11 is 6.14. The maximum absolute atomic E-state index is 12.5. The molecule has 0 saturated carbocycles. The molecule has 0 aliphatic carbocycles. The van der Waals surface area contributed by atoms with Gasteiger partial charge in [-0.25, -0.2) is 0 Å². The lowest BCUT2D eigenvalue weighted by Crippen LogP contribution is -2.40. The van der Waals surface area contributed by atoms with Crippen molar-refractivity contribution < 1.29 is 9.53 Å². The van der Waals surface area contributed by atoms with E-state index in [1.165, 1.54) is 0 Å². The number of hydrogen-bond donors (Lipinski definition) is 0. The molecule has 1 aromatic rings. The minimum absolute atomic E-state index is 0.103. The molecular weight excluding hydrogens is 286 g/mol. The number of likely N-dealkylation sites (tertiary alicyclic amines) is 1. The molecule has 0 aromatic heterocycles. The Hall–Kier alpha value is -1.22. The van der Waals surface area contributed by atoms with Gasteiger partial charge >= 0.3 is 0 Å². The second kappa shape index (κ2) is 7.17. The molecule has 2 rings (SSSR count). The van der Waals surface area contributed by atoms with Crippen LogP contribution in [0.5, 0.6) is 5.75 Å². The van der Waals surface area contributed by atoms with Crippen LogP contribution in [0, 0.1) is 5.92 Å². The summed E-state index contributed by atoms with van der Waals surface area (Å²) in [6.45, 7) is 7.61. The molecule has 0 N–H and O–H groups in total. The Kier molecular flexibility index (Phi) is 5.51. The van der Waals surface area contributed by atoms with Crippen LogP contribution in [0.25, 0.3) is 0 Å². The van der Waals surface area contributed by atoms with Crippen molar-refractivity contribution in [3.63, 3.8) is 0 Å². The van der Waals surface area contributed by atoms with Crippen LogP contribution in [-0.2, 0) is 0 Å². The summed E-state index contributed by atoms with van der Waals surface area (Å²) in [7, 11) is 0. The van der Waals surface area contributed by atoms with E-state index in [1.54, 1.807) is 0 Å². The Bertz CT molecular complexity index is 462. The van der Waals surface area contributed by atoms with Crippen LogP contribution < -0.4 is 4.74 Å². The lowest BCUT2D eigenvalue weighted by molar-refractivity contribution is 0.0690. The van der Waals surface area contributed by atoms with Crippen molar-refractivity contribution in [3.05, 3.63) is 29.8 Å². The molecular formula is C17H24ClNO2. The van der Waals surface area contributed by atoms with Gasteiger partial charge in [0, 0.05) is 24.0 Å². The Morgan fingerprint density at radius 3 is 2.24 bits per heavy atom. The van der Waals surface area contributed by atoms with E-state index in [-0.39, 0.29) is 17.4 Å². The molecule has 1 aliphatic heterocycles. The molecule has 3 nitrogen and oxygen atoms in total. The molecule has 116 valence electrons. The third kappa shape index (κ3) is 4.37. The van der Waals surface area contributed by atoms with Crippen LogP contribution in [-0.4, -0.2) is 35.4 Å². The van der Waals surface area contributed by atoms with Crippen LogP contribution in [0.2, 0.25) is 0 Å². The predicted octanol–water partition coefficient (Wildman–Crippen LogP) is 3.95. The highest BCUT2D eigenvalue weighted by Gasteiger charge is 2.25. The highest BCUT2D eigenvalue weighted by molar-refractivity contribution is 6.20. The van der Waals surface area contributed by atoms with Crippen LogP contribution in [0.4, 0.5) is 0 Å². The Morgan fingerprint density at radius 2 is 1.76 bits per heavy atom. The summed E-state index contributed by atoms with van der Waals surface area (Å²) < 4.78 is 5.60. The Morgan fingerprint density at radius 1 is 1.19 bits per heavy atom. The SMILES string of the molecule is CC(C)Oc1ccc(C(=O)N2CCC(C(C)Cl)CC2)cc1. The summed E-state index contributed by atoms with van der Waals surface area (Å²) in [5.74, 6) is 1.43. The number of alkyl halides is 1. The third-order valence-corrected chi connectivity index (χ3v) is 4.31. The first-order valence-corrected chi connectivity index (χ1v) is 8.11. The predicted molar refractivity (Wildman–Crippen MR) is 86.1 cm³/mol. The van der Waals surface area contributed by atoms with Gasteiger partial charge in [0.1, 0.15) is 5.75 Å². The van der Waals surface area contributed by atoms with Crippen molar-refractivity contribution in [2.75, 3.05) is 13.1 Å². The zero-order valence-electron chi connectivity index (χ0n) is 13.0. The van der Waals surface area contributed by atoms with Crippen molar-refractivity contribution in [2.24, 2.45) is 5.92 Å². The zero-order chi connectivity index (χ0) is 15.4. The van der Waals surface area contributed by atoms with Crippen molar-refractivity contribution >= 4 is 17.5 Å². The number of amides is 1. The van der Waals surface area contributed by atoms with Gasteiger partial charge in [-0.2, -0.15) is 0 Å². The summed E-state index contributed by atoms with van der Waals surface area (Å²) in [6.07, 6.45) is 2.12. The molecule has 21 heavy (non-hydrogen) atoms. The fourth-order valence-corrected chi connectivity index (χ4v) is 2.94. The number of piperidine rings is 1. The van der Waals surface area contributed by atoms with Crippen LogP contribution in [0.3, 0.4) is 0 Å². The van der Waals surface area contributed by atoms with E-state index in [4.69, 9.17) is 16.3 Å². The smallest absolute Gasteiger partial charge is 0.253 e. The van der Waals surface area contributed by atoms with E-state index >= 15 is 0 Å². The van der Waals surface area contributed by atoms with E-state index in [9.17, 15) is 4.79 Å². The van der Waals surface area contributed by atoms with Crippen molar-refractivity contribution in [1.82, 2.24) is 4.90 Å². The van der Waals surface area contributed by atoms with E-state index < -0.39 is 0 Å². The number of benzene rings is 1. The van der Waals surface area contributed by atoms with Gasteiger partial charge in [-0.3, -0.25) is 4.79 Å². The number of halogens is 1. The summed E-state index contributed by atoms with van der Waals surface area (Å²) in [4.78, 5) is 14.4. The van der Waals surface area contributed by atoms with Gasteiger partial charge in [0.2, 0.25) is 0 Å². The molecule has 4 heteroatoms. The minimum atomic E-state index is 0.103. The molecule has 0 radical (unpaired) electrons. The number of carbonyl (C=O) groups is 1. The van der Waals surface area contributed by atoms with Crippen molar-refractivity contribution in [2.45, 2.75) is 45.1 Å². The second-order valence-corrected chi connectivity index (χ2v) is 6.69. The largest absolute Gasteiger partial charge is 0.491 e. The molecule has 1 heterocycles. The number of rotatable bonds is 4. The average Bonchev–Trinajstić information content (AvgIpc) is 2.47. The number of hydrogen-bond acceptors (Lipinski definition) is 2. The molecule has 1 amide bonds. The zero-order valence-corrected chi connectivity index (χ0v) is 13.8. The number of nitrogens with zero attached hydrogens (tertiary/aromatic N) is 1. The molecule has 1 aromatic carbocycles. The van der Waals surface area contributed by atoms with Gasteiger partial charge in [0.05, 0.1) is 6.10 Å². The molecule has 1 fully saturated rings. The highest BCUT2D eigenvalue weighted by Crippen LogP contribution is 2.25. The fourth-order valence-electron chi connectivity index (χ4n) is 2.69. The van der Waals surface area contributed by atoms with E-state index in [2.05, 4.69) is 0 Å². The second-order valence-electron chi connectivity index (χ2n) is 6.00. The third-order valence-electron chi connectivity index (χ3n) is 3.95. The lowest BCUT2D eigenvalue weighted by atomic mass is 9.93. The van der Waals surface area contributed by atoms with Crippen LogP contribution in [0.15, 0.2) is 24.3 Å². The fraction of sp³-hybridized carbons (Fsp3) is 0.588. The Labute approximate surface area is 132 Å². The topological polar surface area (TPSA) is 29.5 Å². The normalized spacial score (nSPS) is 17.9. The lowest BCUT2D eigenvalue weighted by Gasteiger charge is -2.33. The van der Waals surface area contributed by atoms with Gasteiger partial charge in [-0.1, -0.05) is 0 Å². The maximum Gasteiger partial charge on any atom is 0.253 e. The van der Waals surface area contributed by atoms with Crippen molar-refractivity contribution in [3.8, 4) is 5.75 Å². The monoisotopic (exact) mass is 309 g/mol. The summed E-state index contributed by atoms with van der Waals surface area (Å²) in [5.41, 5.74) is 0.725. The average molecular weight is 310 g/mol. The maximum atomic E-state index is 12.5. The van der Waals surface area contributed by atoms with E-state index in [0.717, 1.165) is 37.2 Å². The molecule has 1 saturated heterocycles. The number of carbonyl (C=O) groups excluding carboxylic acids is 1. The molecule has 1 aliphatic rings. The van der Waals surface area contributed by atoms with Crippen molar-refractivity contribution in [1.29, 1.82) is 0 Å². The van der Waals surface area contributed by atoms with E-state index in [0.29, 0.717) is 5.92 Å². The molecule has 0 spiro atoms. The Balaban J connectivity index is 1.94. The van der Waals surface area contributed by atoms with Gasteiger partial charge in [0.15, 0.2) is 0 Å². The van der Waals surface area contributed by atoms with Gasteiger partial charge in [0.25, 0.3) is 5.91 Å². The summed E-state index contributed by atoms with van der Waals surface area (Å²) in [5, 5.41) is 0.190. The standard InChI is InChI=1S/C17H24ClNO2/c1-12(2)21-16-6-4-15(5-7-16)17(20)19-10-8-14(9-11-19)13(3)18/h4-7,12-14H,8-11H2,1-3H3. The van der Waals surface area contributed by atoms with Gasteiger partial charge in [-0.15, -0.1) is 11.6 Å². The first kappa shape index (κ1) is 16.2. The van der Waals surface area contributed by atoms with Crippen LogP contribution in [0.1, 0.15) is 44.0 Å².